The van der Waals surface area contributed by atoms with Gasteiger partial charge in [-0.2, -0.15) is 0 Å². The summed E-state index contributed by atoms with van der Waals surface area (Å²) in [7, 11) is 0. The van der Waals surface area contributed by atoms with Crippen LogP contribution in [0.3, 0.4) is 0 Å². The molecule has 1 atom stereocenters. The molecule has 4 nitrogen and oxygen atoms in total. The smallest absolute Gasteiger partial charge is 0.160 e. The van der Waals surface area contributed by atoms with Gasteiger partial charge in [-0.1, -0.05) is 0 Å². The predicted molar refractivity (Wildman–Crippen MR) is 58.8 cm³/mol. The van der Waals surface area contributed by atoms with Crippen molar-refractivity contribution in [3.05, 3.63) is 24.2 Å². The van der Waals surface area contributed by atoms with Gasteiger partial charge in [0.15, 0.2) is 5.65 Å². The lowest BCUT2D eigenvalue weighted by atomic mass is 10.2. The van der Waals surface area contributed by atoms with Crippen molar-refractivity contribution in [2.75, 3.05) is 13.1 Å². The van der Waals surface area contributed by atoms with Crippen molar-refractivity contribution < 1.29 is 0 Å². The highest BCUT2D eigenvalue weighted by molar-refractivity contribution is 5.71. The van der Waals surface area contributed by atoms with Crippen molar-refractivity contribution in [1.29, 1.82) is 0 Å². The number of pyridine rings is 1. The van der Waals surface area contributed by atoms with Crippen molar-refractivity contribution in [2.24, 2.45) is 0 Å². The Morgan fingerprint density at radius 1 is 1.53 bits per heavy atom. The van der Waals surface area contributed by atoms with Crippen LogP contribution in [0.2, 0.25) is 0 Å². The molecule has 4 heteroatoms. The Bertz CT molecular complexity index is 482. The van der Waals surface area contributed by atoms with Gasteiger partial charge in [-0.25, -0.2) is 9.97 Å². The van der Waals surface area contributed by atoms with Crippen LogP contribution in [0.25, 0.3) is 11.2 Å². The summed E-state index contributed by atoms with van der Waals surface area (Å²) in [5.41, 5.74) is 2.02. The van der Waals surface area contributed by atoms with E-state index >= 15 is 0 Å². The normalized spacial score (nSPS) is 21.3. The second-order valence-electron chi connectivity index (χ2n) is 4.02. The molecule has 1 N–H and O–H groups in total. The van der Waals surface area contributed by atoms with Crippen LogP contribution in [0.4, 0.5) is 0 Å². The first-order valence-electron chi connectivity index (χ1n) is 5.36. The third-order valence-corrected chi connectivity index (χ3v) is 3.02. The lowest BCUT2D eigenvalue weighted by molar-refractivity contribution is 0.544. The summed E-state index contributed by atoms with van der Waals surface area (Å²) in [6.07, 6.45) is 3.01. The molecule has 78 valence electrons. The van der Waals surface area contributed by atoms with Crippen molar-refractivity contribution in [2.45, 2.75) is 19.4 Å². The number of hydrogen-bond acceptors (Lipinski definition) is 3. The summed E-state index contributed by atoms with van der Waals surface area (Å²) in [5, 5.41) is 3.38. The molecule has 3 heterocycles. The van der Waals surface area contributed by atoms with Crippen LogP contribution in [0, 0.1) is 6.92 Å². The molecule has 1 aliphatic heterocycles. The monoisotopic (exact) mass is 202 g/mol. The Balaban J connectivity index is 2.19. The summed E-state index contributed by atoms with van der Waals surface area (Å²) in [5.74, 6) is 1.07. The minimum Gasteiger partial charge on any atom is -0.315 e. The third kappa shape index (κ3) is 1.33. The number of aromatic nitrogens is 3. The molecule has 0 amide bonds. The number of fused-ring (bicyclic) bond motifs is 1. The first-order chi connectivity index (χ1) is 7.36. The molecule has 0 saturated carbocycles. The maximum Gasteiger partial charge on any atom is 0.160 e. The van der Waals surface area contributed by atoms with Crippen molar-refractivity contribution >= 4 is 11.2 Å². The molecular formula is C11H14N4. The SMILES string of the molecule is Cc1nc2cccnc2n1[C@@H]1CCNC1. The lowest BCUT2D eigenvalue weighted by Crippen LogP contribution is -2.14. The Labute approximate surface area is 88.3 Å². The summed E-state index contributed by atoms with van der Waals surface area (Å²) in [4.78, 5) is 8.95. The highest BCUT2D eigenvalue weighted by Crippen LogP contribution is 2.22. The van der Waals surface area contributed by atoms with E-state index in [-0.39, 0.29) is 0 Å². The Morgan fingerprint density at radius 3 is 3.27 bits per heavy atom. The molecule has 1 saturated heterocycles. The Morgan fingerprint density at radius 2 is 2.47 bits per heavy atom. The van der Waals surface area contributed by atoms with E-state index in [1.807, 2.05) is 18.3 Å². The summed E-state index contributed by atoms with van der Waals surface area (Å²) >= 11 is 0. The van der Waals surface area contributed by atoms with Crippen molar-refractivity contribution in [3.8, 4) is 0 Å². The number of aryl methyl sites for hydroxylation is 1. The van der Waals surface area contributed by atoms with Crippen molar-refractivity contribution in [3.63, 3.8) is 0 Å². The molecule has 2 aromatic heterocycles. The highest BCUT2D eigenvalue weighted by Gasteiger charge is 2.20. The van der Waals surface area contributed by atoms with Gasteiger partial charge < -0.3 is 9.88 Å². The molecule has 1 fully saturated rings. The second-order valence-corrected chi connectivity index (χ2v) is 4.02. The van der Waals surface area contributed by atoms with E-state index in [1.165, 1.54) is 6.42 Å². The van der Waals surface area contributed by atoms with Gasteiger partial charge in [-0.15, -0.1) is 0 Å². The van der Waals surface area contributed by atoms with E-state index in [0.717, 1.165) is 30.1 Å². The standard InChI is InChI=1S/C11H14N4/c1-8-14-10-3-2-5-13-11(10)15(8)9-4-6-12-7-9/h2-3,5,9,12H,4,6-7H2,1H3/t9-/m1/s1. The second kappa shape index (κ2) is 3.31. The quantitative estimate of drug-likeness (QED) is 0.757. The summed E-state index contributed by atoms with van der Waals surface area (Å²) in [6, 6.07) is 4.48. The zero-order valence-corrected chi connectivity index (χ0v) is 8.77. The van der Waals surface area contributed by atoms with E-state index in [2.05, 4.69) is 26.8 Å². The van der Waals surface area contributed by atoms with Gasteiger partial charge in [-0.3, -0.25) is 0 Å². The van der Waals surface area contributed by atoms with Crippen molar-refractivity contribution in [1.82, 2.24) is 19.9 Å². The number of nitrogens with zero attached hydrogens (tertiary/aromatic N) is 3. The zero-order valence-electron chi connectivity index (χ0n) is 8.77. The maximum atomic E-state index is 4.53. The van der Waals surface area contributed by atoms with Gasteiger partial charge in [0.05, 0.1) is 6.04 Å². The maximum absolute atomic E-state index is 4.53. The minimum absolute atomic E-state index is 0.518. The average molecular weight is 202 g/mol. The molecule has 0 spiro atoms. The number of nitrogens with one attached hydrogen (secondary N) is 1. The van der Waals surface area contributed by atoms with Crippen LogP contribution >= 0.6 is 0 Å². The summed E-state index contributed by atoms with van der Waals surface area (Å²) in [6.45, 7) is 4.18. The number of hydrogen-bond donors (Lipinski definition) is 1. The van der Waals surface area contributed by atoms with E-state index in [9.17, 15) is 0 Å². The van der Waals surface area contributed by atoms with Crippen LogP contribution in [0.5, 0.6) is 0 Å². The number of imidazole rings is 1. The fraction of sp³-hybridized carbons (Fsp3) is 0.455. The van der Waals surface area contributed by atoms with Gasteiger partial charge in [0, 0.05) is 12.7 Å². The zero-order chi connectivity index (χ0) is 10.3. The molecule has 1 aliphatic rings. The largest absolute Gasteiger partial charge is 0.315 e. The Hall–Kier alpha value is -1.42. The average Bonchev–Trinajstić information content (AvgIpc) is 2.82. The molecule has 0 bridgehead atoms. The van der Waals surface area contributed by atoms with Gasteiger partial charge in [-0.05, 0) is 32.0 Å². The van der Waals surface area contributed by atoms with E-state index in [4.69, 9.17) is 0 Å². The van der Waals surface area contributed by atoms with E-state index < -0.39 is 0 Å². The van der Waals surface area contributed by atoms with Gasteiger partial charge in [0.2, 0.25) is 0 Å². The molecule has 0 aliphatic carbocycles. The lowest BCUT2D eigenvalue weighted by Gasteiger charge is -2.12. The number of rotatable bonds is 1. The predicted octanol–water partition coefficient (Wildman–Crippen LogP) is 1.27. The highest BCUT2D eigenvalue weighted by atomic mass is 15.2. The van der Waals surface area contributed by atoms with E-state index in [0.29, 0.717) is 6.04 Å². The first-order valence-corrected chi connectivity index (χ1v) is 5.36. The minimum atomic E-state index is 0.518. The first kappa shape index (κ1) is 8.85. The fourth-order valence-corrected chi connectivity index (χ4v) is 2.34. The molecule has 15 heavy (non-hydrogen) atoms. The van der Waals surface area contributed by atoms with E-state index in [1.54, 1.807) is 0 Å². The molecule has 0 radical (unpaired) electrons. The molecule has 0 aromatic carbocycles. The van der Waals surface area contributed by atoms with Crippen LogP contribution in [0.15, 0.2) is 18.3 Å². The molecule has 3 rings (SSSR count). The molecule has 0 unspecified atom stereocenters. The topological polar surface area (TPSA) is 42.7 Å². The Kier molecular flexibility index (Phi) is 1.95. The van der Waals surface area contributed by atoms with Crippen LogP contribution < -0.4 is 5.32 Å². The van der Waals surface area contributed by atoms with Crippen LogP contribution in [-0.2, 0) is 0 Å². The van der Waals surface area contributed by atoms with Gasteiger partial charge in [0.25, 0.3) is 0 Å². The third-order valence-electron chi connectivity index (χ3n) is 3.02. The van der Waals surface area contributed by atoms with Crippen LogP contribution in [0.1, 0.15) is 18.3 Å². The summed E-state index contributed by atoms with van der Waals surface area (Å²) < 4.78 is 2.26. The molecular weight excluding hydrogens is 188 g/mol. The molecule has 2 aromatic rings. The fourth-order valence-electron chi connectivity index (χ4n) is 2.34. The van der Waals surface area contributed by atoms with Crippen LogP contribution in [-0.4, -0.2) is 27.6 Å². The van der Waals surface area contributed by atoms with Gasteiger partial charge in [0.1, 0.15) is 11.3 Å². The van der Waals surface area contributed by atoms with Gasteiger partial charge >= 0.3 is 0 Å².